The Morgan fingerprint density at radius 3 is 2.10 bits per heavy atom. The zero-order valence-electron chi connectivity index (χ0n) is 6.11. The van der Waals surface area contributed by atoms with Gasteiger partial charge in [0.25, 0.3) is 0 Å². The SMILES string of the molecule is CN(CO)CC(=O)O.[Na+].[OH-]. The molecule has 0 aromatic heterocycles. The van der Waals surface area contributed by atoms with Gasteiger partial charge in [-0.3, -0.25) is 9.69 Å². The summed E-state index contributed by atoms with van der Waals surface area (Å²) in [4.78, 5) is 11.1. The number of likely N-dealkylation sites (N-methyl/N-ethyl adjacent to an activating group) is 1. The Hall–Kier alpha value is 0.350. The number of hydrogen-bond acceptors (Lipinski definition) is 4. The number of carbonyl (C=O) groups is 1. The van der Waals surface area contributed by atoms with Crippen molar-refractivity contribution < 1.29 is 50.0 Å². The Morgan fingerprint density at radius 1 is 1.60 bits per heavy atom. The molecule has 0 aliphatic carbocycles. The van der Waals surface area contributed by atoms with E-state index in [2.05, 4.69) is 0 Å². The van der Waals surface area contributed by atoms with Crippen molar-refractivity contribution in [2.45, 2.75) is 0 Å². The summed E-state index contributed by atoms with van der Waals surface area (Å²) in [6, 6.07) is 0. The maximum absolute atomic E-state index is 9.82. The van der Waals surface area contributed by atoms with Crippen LogP contribution < -0.4 is 29.6 Å². The average molecular weight is 159 g/mol. The van der Waals surface area contributed by atoms with Crippen molar-refractivity contribution >= 4 is 5.97 Å². The van der Waals surface area contributed by atoms with E-state index in [9.17, 15) is 4.79 Å². The molecule has 56 valence electrons. The zero-order chi connectivity index (χ0) is 6.57. The monoisotopic (exact) mass is 159 g/mol. The van der Waals surface area contributed by atoms with Crippen LogP contribution in [0.25, 0.3) is 0 Å². The van der Waals surface area contributed by atoms with Gasteiger partial charge in [0.05, 0.1) is 13.3 Å². The van der Waals surface area contributed by atoms with Crippen LogP contribution in [0.4, 0.5) is 0 Å². The first-order valence-corrected chi connectivity index (χ1v) is 2.18. The van der Waals surface area contributed by atoms with E-state index < -0.39 is 5.97 Å². The summed E-state index contributed by atoms with van der Waals surface area (Å²) in [5.74, 6) is -0.929. The number of aliphatic carboxylic acids is 1. The molecular formula is C4H10NNaO4. The molecule has 6 heteroatoms. The van der Waals surface area contributed by atoms with Crippen LogP contribution in [0, 0.1) is 0 Å². The van der Waals surface area contributed by atoms with Gasteiger partial charge in [-0.25, -0.2) is 0 Å². The molecule has 5 nitrogen and oxygen atoms in total. The molecule has 0 atom stereocenters. The van der Waals surface area contributed by atoms with Gasteiger partial charge < -0.3 is 15.7 Å². The van der Waals surface area contributed by atoms with Crippen LogP contribution in [0.3, 0.4) is 0 Å². The third kappa shape index (κ3) is 11.2. The van der Waals surface area contributed by atoms with Crippen molar-refractivity contribution in [3.05, 3.63) is 0 Å². The first-order valence-electron chi connectivity index (χ1n) is 2.18. The summed E-state index contributed by atoms with van der Waals surface area (Å²) in [7, 11) is 1.52. The molecule has 10 heavy (non-hydrogen) atoms. The van der Waals surface area contributed by atoms with Crippen molar-refractivity contribution in [3.63, 3.8) is 0 Å². The minimum absolute atomic E-state index is 0. The van der Waals surface area contributed by atoms with Gasteiger partial charge in [-0.05, 0) is 7.05 Å². The van der Waals surface area contributed by atoms with Gasteiger partial charge in [0, 0.05) is 0 Å². The summed E-state index contributed by atoms with van der Waals surface area (Å²) in [6.07, 6.45) is 0. The summed E-state index contributed by atoms with van der Waals surface area (Å²) in [5.41, 5.74) is 0. The Labute approximate surface area is 81.2 Å². The number of rotatable bonds is 3. The molecule has 0 radical (unpaired) electrons. The standard InChI is InChI=1S/C4H9NO3.Na.H2O/c1-5(3-6)2-4(7)8;;/h6H,2-3H2,1H3,(H,7,8);;1H2/q;+1;/p-1. The largest absolute Gasteiger partial charge is 1.00 e. The molecule has 3 N–H and O–H groups in total. The predicted octanol–water partition coefficient (Wildman–Crippen LogP) is -4.22. The van der Waals surface area contributed by atoms with Gasteiger partial charge in [0.15, 0.2) is 0 Å². The van der Waals surface area contributed by atoms with Gasteiger partial charge in [-0.1, -0.05) is 0 Å². The van der Waals surface area contributed by atoms with Gasteiger partial charge in [0.1, 0.15) is 0 Å². The van der Waals surface area contributed by atoms with Crippen LogP contribution in [0.15, 0.2) is 0 Å². The Bertz CT molecular complexity index is 89.3. The van der Waals surface area contributed by atoms with Crippen LogP contribution in [0.5, 0.6) is 0 Å². The Kier molecular flexibility index (Phi) is 15.7. The zero-order valence-corrected chi connectivity index (χ0v) is 8.11. The van der Waals surface area contributed by atoms with Crippen LogP contribution in [0.2, 0.25) is 0 Å². The van der Waals surface area contributed by atoms with Crippen LogP contribution in [0.1, 0.15) is 0 Å². The summed E-state index contributed by atoms with van der Waals surface area (Å²) < 4.78 is 0. The van der Waals surface area contributed by atoms with Crippen molar-refractivity contribution in [3.8, 4) is 0 Å². The molecule has 0 bridgehead atoms. The quantitative estimate of drug-likeness (QED) is 0.321. The fourth-order valence-corrected chi connectivity index (χ4v) is 0.281. The van der Waals surface area contributed by atoms with E-state index in [0.29, 0.717) is 0 Å². The van der Waals surface area contributed by atoms with E-state index in [0.717, 1.165) is 0 Å². The molecule has 0 saturated heterocycles. The molecular weight excluding hydrogens is 149 g/mol. The van der Waals surface area contributed by atoms with Crippen molar-refractivity contribution in [2.75, 3.05) is 20.3 Å². The van der Waals surface area contributed by atoms with E-state index in [1.165, 1.54) is 11.9 Å². The summed E-state index contributed by atoms with van der Waals surface area (Å²) in [5, 5.41) is 16.3. The minimum Gasteiger partial charge on any atom is -0.870 e. The van der Waals surface area contributed by atoms with E-state index in [-0.39, 0.29) is 48.3 Å². The molecule has 0 heterocycles. The fraction of sp³-hybridized carbons (Fsp3) is 0.750. The Balaban J connectivity index is -0.000000245. The van der Waals surface area contributed by atoms with Crippen LogP contribution >= 0.6 is 0 Å². The number of nitrogens with zero attached hydrogens (tertiary/aromatic N) is 1. The third-order valence-corrected chi connectivity index (χ3v) is 0.647. The second-order valence-corrected chi connectivity index (χ2v) is 1.55. The first kappa shape index (κ1) is 16.7. The van der Waals surface area contributed by atoms with Crippen LogP contribution in [-0.2, 0) is 4.79 Å². The van der Waals surface area contributed by atoms with Gasteiger partial charge in [-0.15, -0.1) is 0 Å². The smallest absolute Gasteiger partial charge is 0.870 e. The van der Waals surface area contributed by atoms with Gasteiger partial charge in [0.2, 0.25) is 0 Å². The van der Waals surface area contributed by atoms with E-state index in [4.69, 9.17) is 10.2 Å². The maximum Gasteiger partial charge on any atom is 1.00 e. The van der Waals surface area contributed by atoms with Crippen LogP contribution in [-0.4, -0.2) is 46.9 Å². The third-order valence-electron chi connectivity index (χ3n) is 0.647. The fourth-order valence-electron chi connectivity index (χ4n) is 0.281. The molecule has 0 saturated carbocycles. The Morgan fingerprint density at radius 2 is 2.00 bits per heavy atom. The first-order chi connectivity index (χ1) is 3.66. The number of aliphatic hydroxyl groups is 1. The van der Waals surface area contributed by atoms with E-state index >= 15 is 0 Å². The molecule has 0 amide bonds. The molecule has 0 spiro atoms. The molecule has 0 rings (SSSR count). The molecule has 0 unspecified atom stereocenters. The van der Waals surface area contributed by atoms with Crippen molar-refractivity contribution in [1.82, 2.24) is 4.90 Å². The average Bonchev–Trinajstić information content (AvgIpc) is 1.65. The van der Waals surface area contributed by atoms with Crippen molar-refractivity contribution in [2.24, 2.45) is 0 Å². The number of carboxylic acid groups (broad SMARTS) is 1. The second-order valence-electron chi connectivity index (χ2n) is 1.55. The predicted molar refractivity (Wildman–Crippen MR) is 29.3 cm³/mol. The maximum atomic E-state index is 9.82. The molecule has 0 aliphatic rings. The van der Waals surface area contributed by atoms with Crippen molar-refractivity contribution in [1.29, 1.82) is 0 Å². The molecule has 0 aromatic carbocycles. The minimum atomic E-state index is -0.929. The van der Waals surface area contributed by atoms with Gasteiger partial charge in [-0.2, -0.15) is 0 Å². The van der Waals surface area contributed by atoms with E-state index in [1.54, 1.807) is 0 Å². The number of carboxylic acids is 1. The number of hydrogen-bond donors (Lipinski definition) is 2. The molecule has 0 aromatic rings. The number of aliphatic hydroxyl groups excluding tert-OH is 1. The normalized spacial score (nSPS) is 7.90. The molecule has 0 aliphatic heterocycles. The molecule has 0 fully saturated rings. The van der Waals surface area contributed by atoms with Gasteiger partial charge >= 0.3 is 35.5 Å². The summed E-state index contributed by atoms with van der Waals surface area (Å²) in [6.45, 7) is -0.331. The topological polar surface area (TPSA) is 90.8 Å². The second kappa shape index (κ2) is 9.35. The summed E-state index contributed by atoms with van der Waals surface area (Å²) >= 11 is 0. The van der Waals surface area contributed by atoms with E-state index in [1.807, 2.05) is 0 Å².